The first-order valence-electron chi connectivity index (χ1n) is 8.77. The van der Waals surface area contributed by atoms with Crippen LogP contribution in [0.2, 0.25) is 0 Å². The van der Waals surface area contributed by atoms with Crippen molar-refractivity contribution in [3.05, 3.63) is 12.2 Å². The number of unbranched alkanes of at least 4 members (excludes halogenated alkanes) is 9. The summed E-state index contributed by atoms with van der Waals surface area (Å²) in [4.78, 5) is 10.3. The zero-order valence-corrected chi connectivity index (χ0v) is 13.4. The average Bonchev–Trinajstić information content (AvgIpc) is 3.27. The molecule has 1 N–H and O–H groups in total. The highest BCUT2D eigenvalue weighted by atomic mass is 16.6. The molecule has 1 unspecified atom stereocenters. The monoisotopic (exact) mass is 296 g/mol. The van der Waals surface area contributed by atoms with Crippen molar-refractivity contribution in [2.75, 3.05) is 6.61 Å². The van der Waals surface area contributed by atoms with Gasteiger partial charge in [-0.25, -0.2) is 0 Å². The number of aliphatic carboxylic acids is 1. The number of carbonyl (C=O) groups is 1. The Bertz CT molecular complexity index is 282. The van der Waals surface area contributed by atoms with E-state index in [2.05, 4.69) is 12.2 Å². The largest absolute Gasteiger partial charge is 0.481 e. The summed E-state index contributed by atoms with van der Waals surface area (Å²) in [5, 5.41) is 8.52. The fourth-order valence-electron chi connectivity index (χ4n) is 2.53. The third kappa shape index (κ3) is 13.9. The highest BCUT2D eigenvalue weighted by Gasteiger charge is 2.20. The Morgan fingerprint density at radius 2 is 1.43 bits per heavy atom. The fraction of sp³-hybridized carbons (Fsp3) is 0.833. The lowest BCUT2D eigenvalue weighted by Gasteiger charge is -1.99. The summed E-state index contributed by atoms with van der Waals surface area (Å²) in [5.74, 6) is -0.668. The molecule has 1 atom stereocenters. The van der Waals surface area contributed by atoms with Crippen LogP contribution in [0.15, 0.2) is 12.2 Å². The quantitative estimate of drug-likeness (QED) is 0.260. The molecular weight excluding hydrogens is 264 g/mol. The summed E-state index contributed by atoms with van der Waals surface area (Å²) in [6.45, 7) is 1.00. The van der Waals surface area contributed by atoms with Gasteiger partial charge in [0.25, 0.3) is 0 Å². The van der Waals surface area contributed by atoms with E-state index in [1.807, 2.05) is 0 Å². The van der Waals surface area contributed by atoms with Crippen molar-refractivity contribution >= 4 is 5.97 Å². The van der Waals surface area contributed by atoms with E-state index < -0.39 is 5.97 Å². The van der Waals surface area contributed by atoms with Gasteiger partial charge in [0.05, 0.1) is 12.7 Å². The topological polar surface area (TPSA) is 49.8 Å². The second-order valence-electron chi connectivity index (χ2n) is 6.12. The first kappa shape index (κ1) is 18.2. The Balaban J connectivity index is 1.69. The number of carboxylic acids is 1. The molecule has 1 heterocycles. The van der Waals surface area contributed by atoms with Gasteiger partial charge in [0.2, 0.25) is 0 Å². The minimum absolute atomic E-state index is 0.327. The van der Waals surface area contributed by atoms with Crippen molar-refractivity contribution in [3.8, 4) is 0 Å². The van der Waals surface area contributed by atoms with Gasteiger partial charge in [-0.05, 0) is 38.5 Å². The van der Waals surface area contributed by atoms with Crippen LogP contribution in [0, 0.1) is 0 Å². The smallest absolute Gasteiger partial charge is 0.303 e. The normalized spacial score (nSPS) is 17.4. The van der Waals surface area contributed by atoms with Gasteiger partial charge < -0.3 is 9.84 Å². The zero-order valence-electron chi connectivity index (χ0n) is 13.4. The standard InChI is InChI=1S/C18H32O3/c19-18(20)15-13-11-9-7-5-3-1-2-4-6-8-10-12-14-17-16-21-17/h1-2,17H,3-16H2,(H,19,20). The summed E-state index contributed by atoms with van der Waals surface area (Å²) in [5.41, 5.74) is 0. The van der Waals surface area contributed by atoms with Crippen LogP contribution < -0.4 is 0 Å². The Morgan fingerprint density at radius 1 is 0.905 bits per heavy atom. The van der Waals surface area contributed by atoms with Gasteiger partial charge >= 0.3 is 5.97 Å². The molecule has 122 valence electrons. The molecule has 1 aliphatic rings. The lowest BCUT2D eigenvalue weighted by atomic mass is 10.1. The van der Waals surface area contributed by atoms with Gasteiger partial charge in [0.1, 0.15) is 0 Å². The Labute approximate surface area is 129 Å². The van der Waals surface area contributed by atoms with Gasteiger partial charge in [-0.2, -0.15) is 0 Å². The number of ether oxygens (including phenoxy) is 1. The van der Waals surface area contributed by atoms with Crippen LogP contribution >= 0.6 is 0 Å². The molecule has 0 radical (unpaired) electrons. The average molecular weight is 296 g/mol. The molecule has 1 fully saturated rings. The molecule has 21 heavy (non-hydrogen) atoms. The number of carboxylic acid groups (broad SMARTS) is 1. The predicted molar refractivity (Wildman–Crippen MR) is 86.5 cm³/mol. The number of allylic oxidation sites excluding steroid dienone is 2. The van der Waals surface area contributed by atoms with E-state index in [4.69, 9.17) is 9.84 Å². The Kier molecular flexibility index (Phi) is 11.2. The summed E-state index contributed by atoms with van der Waals surface area (Å²) in [7, 11) is 0. The van der Waals surface area contributed by atoms with Crippen LogP contribution in [0.4, 0.5) is 0 Å². The summed E-state index contributed by atoms with van der Waals surface area (Å²) in [6.07, 6.45) is 20.1. The van der Waals surface area contributed by atoms with Gasteiger partial charge in [-0.1, -0.05) is 50.7 Å². The van der Waals surface area contributed by atoms with Gasteiger partial charge in [0.15, 0.2) is 0 Å². The van der Waals surface area contributed by atoms with Crippen molar-refractivity contribution in [3.63, 3.8) is 0 Å². The third-order valence-corrected chi connectivity index (χ3v) is 3.98. The third-order valence-electron chi connectivity index (χ3n) is 3.98. The van der Waals surface area contributed by atoms with Gasteiger partial charge in [0, 0.05) is 6.42 Å². The number of rotatable bonds is 15. The highest BCUT2D eigenvalue weighted by molar-refractivity contribution is 5.66. The molecule has 1 saturated heterocycles. The van der Waals surface area contributed by atoms with Crippen molar-refractivity contribution in [1.29, 1.82) is 0 Å². The minimum atomic E-state index is -0.668. The second kappa shape index (κ2) is 12.9. The van der Waals surface area contributed by atoms with Crippen LogP contribution in [0.25, 0.3) is 0 Å². The maximum Gasteiger partial charge on any atom is 0.303 e. The van der Waals surface area contributed by atoms with Crippen molar-refractivity contribution < 1.29 is 14.6 Å². The molecule has 1 aliphatic heterocycles. The van der Waals surface area contributed by atoms with E-state index >= 15 is 0 Å². The lowest BCUT2D eigenvalue weighted by Crippen LogP contribution is -1.93. The molecule has 0 aromatic heterocycles. The Morgan fingerprint density at radius 3 is 2.00 bits per heavy atom. The molecule has 0 aromatic carbocycles. The molecule has 0 saturated carbocycles. The summed E-state index contributed by atoms with van der Waals surface area (Å²) < 4.78 is 5.20. The fourth-order valence-corrected chi connectivity index (χ4v) is 2.53. The SMILES string of the molecule is O=C(O)CCCCCCCC=CCCCCCCC1CO1. The van der Waals surface area contributed by atoms with E-state index in [0.29, 0.717) is 12.5 Å². The molecular formula is C18H32O3. The molecule has 0 amide bonds. The number of hydrogen-bond acceptors (Lipinski definition) is 2. The summed E-state index contributed by atoms with van der Waals surface area (Å²) >= 11 is 0. The number of epoxide rings is 1. The first-order chi connectivity index (χ1) is 10.3. The molecule has 3 nitrogen and oxygen atoms in total. The molecule has 1 rings (SSSR count). The van der Waals surface area contributed by atoms with E-state index in [9.17, 15) is 4.79 Å². The van der Waals surface area contributed by atoms with Crippen molar-refractivity contribution in [2.45, 2.75) is 89.6 Å². The van der Waals surface area contributed by atoms with E-state index in [1.165, 1.54) is 64.2 Å². The van der Waals surface area contributed by atoms with Crippen LogP contribution in [0.1, 0.15) is 83.5 Å². The highest BCUT2D eigenvalue weighted by Crippen LogP contribution is 2.17. The Hall–Kier alpha value is -0.830. The zero-order chi connectivity index (χ0) is 15.2. The second-order valence-corrected chi connectivity index (χ2v) is 6.12. The van der Waals surface area contributed by atoms with E-state index in [-0.39, 0.29) is 0 Å². The van der Waals surface area contributed by atoms with Crippen LogP contribution in [-0.4, -0.2) is 23.8 Å². The van der Waals surface area contributed by atoms with Crippen molar-refractivity contribution in [2.24, 2.45) is 0 Å². The molecule has 0 aromatic rings. The number of hydrogen-bond donors (Lipinski definition) is 1. The van der Waals surface area contributed by atoms with Crippen LogP contribution in [0.5, 0.6) is 0 Å². The first-order valence-corrected chi connectivity index (χ1v) is 8.77. The van der Waals surface area contributed by atoms with Gasteiger partial charge in [-0.3, -0.25) is 4.79 Å². The van der Waals surface area contributed by atoms with Gasteiger partial charge in [-0.15, -0.1) is 0 Å². The lowest BCUT2D eigenvalue weighted by molar-refractivity contribution is -0.137. The molecule has 0 bridgehead atoms. The summed E-state index contributed by atoms with van der Waals surface area (Å²) in [6, 6.07) is 0. The van der Waals surface area contributed by atoms with Crippen LogP contribution in [0.3, 0.4) is 0 Å². The molecule has 0 aliphatic carbocycles. The molecule has 0 spiro atoms. The minimum Gasteiger partial charge on any atom is -0.481 e. The van der Waals surface area contributed by atoms with Crippen molar-refractivity contribution in [1.82, 2.24) is 0 Å². The maximum atomic E-state index is 10.3. The van der Waals surface area contributed by atoms with Crippen LogP contribution in [-0.2, 0) is 9.53 Å². The van der Waals surface area contributed by atoms with E-state index in [0.717, 1.165) is 19.4 Å². The predicted octanol–water partition coefficient (Wildman–Crippen LogP) is 5.10. The molecule has 3 heteroatoms. The maximum absolute atomic E-state index is 10.3. The van der Waals surface area contributed by atoms with E-state index in [1.54, 1.807) is 0 Å².